The quantitative estimate of drug-likeness (QED) is 0.395. The largest absolute Gasteiger partial charge is 0.378 e. The van der Waals surface area contributed by atoms with Crippen molar-refractivity contribution in [2.75, 3.05) is 20.2 Å². The Kier molecular flexibility index (Phi) is 28.7. The van der Waals surface area contributed by atoms with E-state index in [0.717, 1.165) is 24.5 Å². The second-order valence-electron chi connectivity index (χ2n) is 12.9. The summed E-state index contributed by atoms with van der Waals surface area (Å²) in [5.74, 6) is 1.67. The minimum atomic E-state index is 0.439. The normalized spacial score (nSPS) is 20.1. The molecule has 0 aromatic heterocycles. The predicted octanol–water partition coefficient (Wildman–Crippen LogP) is 10.5. The first-order chi connectivity index (χ1) is 15.0. The molecule has 0 amide bonds. The topological polar surface area (TPSA) is 12.5 Å². The van der Waals surface area contributed by atoms with Gasteiger partial charge in [-0.05, 0) is 74.8 Å². The summed E-state index contributed by atoms with van der Waals surface area (Å²) < 4.78 is 5.53. The van der Waals surface area contributed by atoms with Crippen molar-refractivity contribution in [3.63, 3.8) is 0 Å². The molecule has 0 N–H and O–H groups in total. The van der Waals surface area contributed by atoms with E-state index in [4.69, 9.17) is 4.74 Å². The molecule has 2 heterocycles. The molecule has 0 aliphatic carbocycles. The first-order valence-electron chi connectivity index (χ1n) is 14.4. The molecular formula is C31H71NO. The molecule has 33 heavy (non-hydrogen) atoms. The van der Waals surface area contributed by atoms with Crippen LogP contribution < -0.4 is 0 Å². The van der Waals surface area contributed by atoms with Crippen LogP contribution in [-0.4, -0.2) is 37.2 Å². The Morgan fingerprint density at radius 1 is 0.697 bits per heavy atom. The van der Waals surface area contributed by atoms with Crippen LogP contribution in [0.3, 0.4) is 0 Å². The summed E-state index contributed by atoms with van der Waals surface area (Å²) in [6, 6.07) is 0.856. The summed E-state index contributed by atoms with van der Waals surface area (Å²) in [6.45, 7) is 37.1. The lowest BCUT2D eigenvalue weighted by atomic mass is 9.87. The van der Waals surface area contributed by atoms with Crippen molar-refractivity contribution < 1.29 is 4.74 Å². The van der Waals surface area contributed by atoms with E-state index in [2.05, 4.69) is 95.0 Å². The van der Waals surface area contributed by atoms with Gasteiger partial charge in [-0.1, -0.05) is 111 Å². The molecule has 0 radical (unpaired) electrons. The summed E-state index contributed by atoms with van der Waals surface area (Å²) in [4.78, 5) is 2.51. The van der Waals surface area contributed by atoms with Crippen LogP contribution in [0.15, 0.2) is 0 Å². The highest BCUT2D eigenvalue weighted by atomic mass is 16.5. The van der Waals surface area contributed by atoms with Crippen molar-refractivity contribution in [1.82, 2.24) is 4.90 Å². The van der Waals surface area contributed by atoms with Gasteiger partial charge >= 0.3 is 0 Å². The molecule has 0 aromatic carbocycles. The molecule has 2 heteroatoms. The smallest absolute Gasteiger partial charge is 0.0581 e. The van der Waals surface area contributed by atoms with Gasteiger partial charge in [-0.3, -0.25) is 0 Å². The van der Waals surface area contributed by atoms with Gasteiger partial charge in [-0.2, -0.15) is 0 Å². The number of hydrogen-bond donors (Lipinski definition) is 0. The molecular weight excluding hydrogens is 402 g/mol. The number of nitrogens with zero attached hydrogens (tertiary/aromatic N) is 1. The fraction of sp³-hybridized carbons (Fsp3) is 1.00. The molecule has 206 valence electrons. The lowest BCUT2D eigenvalue weighted by Crippen LogP contribution is -2.29. The molecule has 2 aliphatic rings. The van der Waals surface area contributed by atoms with E-state index < -0.39 is 0 Å². The average molecular weight is 474 g/mol. The molecule has 0 saturated carbocycles. The molecule has 0 bridgehead atoms. The summed E-state index contributed by atoms with van der Waals surface area (Å²) >= 11 is 0. The van der Waals surface area contributed by atoms with Crippen LogP contribution in [0.4, 0.5) is 0 Å². The fourth-order valence-corrected chi connectivity index (χ4v) is 3.43. The highest BCUT2D eigenvalue weighted by Gasteiger charge is 2.25. The lowest BCUT2D eigenvalue weighted by Gasteiger charge is -2.27. The zero-order valence-electron chi connectivity index (χ0n) is 26.8. The van der Waals surface area contributed by atoms with Crippen LogP contribution in [0.1, 0.15) is 149 Å². The third kappa shape index (κ3) is 39.4. The predicted molar refractivity (Wildman–Crippen MR) is 156 cm³/mol. The monoisotopic (exact) mass is 474 g/mol. The molecule has 2 rings (SSSR count). The first-order valence-corrected chi connectivity index (χ1v) is 14.4. The van der Waals surface area contributed by atoms with Gasteiger partial charge in [0, 0.05) is 12.6 Å². The summed E-state index contributed by atoms with van der Waals surface area (Å²) in [6.07, 6.45) is 8.47. The minimum Gasteiger partial charge on any atom is -0.378 e. The second kappa shape index (κ2) is 23.7. The number of hydrogen-bond acceptors (Lipinski definition) is 2. The van der Waals surface area contributed by atoms with E-state index in [0.29, 0.717) is 16.9 Å². The van der Waals surface area contributed by atoms with Gasteiger partial charge in [0.1, 0.15) is 0 Å². The summed E-state index contributed by atoms with van der Waals surface area (Å²) in [5, 5.41) is 0. The van der Waals surface area contributed by atoms with E-state index in [-0.39, 0.29) is 0 Å². The maximum atomic E-state index is 5.53. The van der Waals surface area contributed by atoms with Crippen LogP contribution in [0.5, 0.6) is 0 Å². The zero-order chi connectivity index (χ0) is 27.3. The first kappa shape index (κ1) is 40.1. The van der Waals surface area contributed by atoms with Crippen LogP contribution >= 0.6 is 0 Å². The highest BCUT2D eigenvalue weighted by molar-refractivity contribution is 4.80. The molecule has 2 nitrogen and oxygen atoms in total. The van der Waals surface area contributed by atoms with Gasteiger partial charge in [0.25, 0.3) is 0 Å². The average Bonchev–Trinajstić information content (AvgIpc) is 3.28. The maximum absolute atomic E-state index is 5.53. The van der Waals surface area contributed by atoms with Crippen molar-refractivity contribution in [3.05, 3.63) is 0 Å². The van der Waals surface area contributed by atoms with E-state index in [9.17, 15) is 0 Å². The van der Waals surface area contributed by atoms with Crippen LogP contribution in [0.25, 0.3) is 0 Å². The molecule has 2 unspecified atom stereocenters. The number of likely N-dealkylation sites (tertiary alicyclic amines) is 1. The molecule has 2 aliphatic heterocycles. The van der Waals surface area contributed by atoms with E-state index >= 15 is 0 Å². The van der Waals surface area contributed by atoms with Gasteiger partial charge in [0.05, 0.1) is 6.10 Å². The third-order valence-corrected chi connectivity index (χ3v) is 4.38. The van der Waals surface area contributed by atoms with Gasteiger partial charge in [0.2, 0.25) is 0 Å². The van der Waals surface area contributed by atoms with Gasteiger partial charge in [-0.25, -0.2) is 0 Å². The van der Waals surface area contributed by atoms with Gasteiger partial charge < -0.3 is 9.64 Å². The minimum absolute atomic E-state index is 0.439. The van der Waals surface area contributed by atoms with E-state index in [1.54, 1.807) is 0 Å². The van der Waals surface area contributed by atoms with E-state index in [1.165, 1.54) is 45.1 Å². The second-order valence-corrected chi connectivity index (χ2v) is 12.9. The van der Waals surface area contributed by atoms with Gasteiger partial charge in [-0.15, -0.1) is 0 Å². The number of rotatable bonds is 2. The van der Waals surface area contributed by atoms with Gasteiger partial charge in [0.15, 0.2) is 0 Å². The van der Waals surface area contributed by atoms with E-state index in [1.807, 2.05) is 27.7 Å². The maximum Gasteiger partial charge on any atom is 0.0581 e. The van der Waals surface area contributed by atoms with Crippen LogP contribution in [0, 0.1) is 22.7 Å². The lowest BCUT2D eigenvalue weighted by molar-refractivity contribution is 0.0763. The standard InChI is InChI=1S/C10H21N.C9H18O.2C4H10.2C2H6/c1-10(2,3)8-9-6-5-7-11(9)4;1-9(2,3)7-8-5-4-6-10-8;2*1-4(2)3;2*1-2/h9H,5-8H2,1-4H3;8H,4-7H2,1-3H3;2*4H,1-3H3;2*1-2H3. The Balaban J connectivity index is -0.000000175. The molecule has 2 fully saturated rings. The Morgan fingerprint density at radius 3 is 1.33 bits per heavy atom. The molecule has 0 aromatic rings. The van der Waals surface area contributed by atoms with Crippen molar-refractivity contribution in [3.8, 4) is 0 Å². The Morgan fingerprint density at radius 2 is 1.09 bits per heavy atom. The van der Waals surface area contributed by atoms with Crippen LogP contribution in [0.2, 0.25) is 0 Å². The summed E-state index contributed by atoms with van der Waals surface area (Å²) in [7, 11) is 2.25. The molecule has 2 saturated heterocycles. The third-order valence-electron chi connectivity index (χ3n) is 4.38. The summed E-state index contributed by atoms with van der Waals surface area (Å²) in [5.41, 5.74) is 0.943. The van der Waals surface area contributed by atoms with Crippen molar-refractivity contribution >= 4 is 0 Å². The Bertz CT molecular complexity index is 345. The van der Waals surface area contributed by atoms with Crippen molar-refractivity contribution in [2.45, 2.75) is 161 Å². The highest BCUT2D eigenvalue weighted by Crippen LogP contribution is 2.28. The Hall–Kier alpha value is -0.0800. The zero-order valence-corrected chi connectivity index (χ0v) is 26.8. The van der Waals surface area contributed by atoms with Crippen molar-refractivity contribution in [1.29, 1.82) is 0 Å². The SMILES string of the molecule is CC.CC.CC(C)(C)CC1CCCO1.CC(C)C.CC(C)C.CN1CCCC1CC(C)(C)C. The Labute approximate surface area is 214 Å². The molecule has 2 atom stereocenters. The molecule has 0 spiro atoms. The van der Waals surface area contributed by atoms with Crippen LogP contribution in [-0.2, 0) is 4.74 Å². The number of ether oxygens (including phenoxy) is 1. The van der Waals surface area contributed by atoms with Crippen molar-refractivity contribution in [2.24, 2.45) is 22.7 Å². The fourth-order valence-electron chi connectivity index (χ4n) is 3.43.